The number of nitrogens with one attached hydrogen (secondary N) is 1. The third-order valence-electron chi connectivity index (χ3n) is 4.96. The fourth-order valence-corrected chi connectivity index (χ4v) is 3.57. The molecule has 0 saturated carbocycles. The number of ether oxygens (including phenoxy) is 1. The second-order valence-corrected chi connectivity index (χ2v) is 7.16. The predicted molar refractivity (Wildman–Crippen MR) is 106 cm³/mol. The standard InChI is InChI=1S/C22H26N2O3/c1-15-11-16(2)13-19(12-15)23-21(25)17-7-9-24(10-8-17)22(26)18-5-4-6-20(14-18)27-3/h4-6,11-14,17H,7-10H2,1-3H3,(H,23,25). The zero-order valence-electron chi connectivity index (χ0n) is 16.1. The number of amides is 2. The highest BCUT2D eigenvalue weighted by molar-refractivity contribution is 5.95. The molecule has 0 spiro atoms. The van der Waals surface area contributed by atoms with Gasteiger partial charge in [-0.05, 0) is 68.1 Å². The Balaban J connectivity index is 1.57. The Hall–Kier alpha value is -2.82. The normalized spacial score (nSPS) is 14.7. The van der Waals surface area contributed by atoms with E-state index in [0.717, 1.165) is 16.8 Å². The van der Waals surface area contributed by atoms with Gasteiger partial charge >= 0.3 is 0 Å². The highest BCUT2D eigenvalue weighted by Gasteiger charge is 2.28. The lowest BCUT2D eigenvalue weighted by Crippen LogP contribution is -2.41. The highest BCUT2D eigenvalue weighted by atomic mass is 16.5. The summed E-state index contributed by atoms with van der Waals surface area (Å²) in [5.74, 6) is 0.624. The largest absolute Gasteiger partial charge is 0.497 e. The van der Waals surface area contributed by atoms with E-state index in [2.05, 4.69) is 11.4 Å². The third kappa shape index (κ3) is 4.67. The van der Waals surface area contributed by atoms with Crippen molar-refractivity contribution in [3.05, 3.63) is 59.2 Å². The van der Waals surface area contributed by atoms with Gasteiger partial charge in [-0.3, -0.25) is 9.59 Å². The van der Waals surface area contributed by atoms with Gasteiger partial charge in [-0.1, -0.05) is 12.1 Å². The third-order valence-corrected chi connectivity index (χ3v) is 4.96. The molecular weight excluding hydrogens is 340 g/mol. The molecule has 0 bridgehead atoms. The number of rotatable bonds is 4. The van der Waals surface area contributed by atoms with Crippen molar-refractivity contribution in [2.45, 2.75) is 26.7 Å². The molecule has 1 fully saturated rings. The highest BCUT2D eigenvalue weighted by Crippen LogP contribution is 2.23. The van der Waals surface area contributed by atoms with Crippen molar-refractivity contribution in [1.29, 1.82) is 0 Å². The Bertz CT molecular complexity index is 819. The van der Waals surface area contributed by atoms with Gasteiger partial charge in [0.15, 0.2) is 0 Å². The lowest BCUT2D eigenvalue weighted by atomic mass is 9.95. The molecule has 2 aromatic rings. The molecule has 1 aliphatic heterocycles. The average molecular weight is 366 g/mol. The Morgan fingerprint density at radius 1 is 1.04 bits per heavy atom. The molecule has 2 amide bonds. The van der Waals surface area contributed by atoms with Gasteiger partial charge < -0.3 is 15.0 Å². The Labute approximate surface area is 160 Å². The first-order valence-corrected chi connectivity index (χ1v) is 9.29. The van der Waals surface area contributed by atoms with Crippen LogP contribution < -0.4 is 10.1 Å². The van der Waals surface area contributed by atoms with Crippen LogP contribution in [0.15, 0.2) is 42.5 Å². The molecule has 1 saturated heterocycles. The van der Waals surface area contributed by atoms with Crippen LogP contribution in [0.25, 0.3) is 0 Å². The predicted octanol–water partition coefficient (Wildman–Crippen LogP) is 3.80. The first kappa shape index (κ1) is 19.0. The number of aryl methyl sites for hydroxylation is 2. The number of methoxy groups -OCH3 is 1. The van der Waals surface area contributed by atoms with Crippen molar-refractivity contribution in [2.75, 3.05) is 25.5 Å². The van der Waals surface area contributed by atoms with Crippen molar-refractivity contribution in [3.8, 4) is 5.75 Å². The van der Waals surface area contributed by atoms with Crippen LogP contribution in [0.1, 0.15) is 34.3 Å². The maximum absolute atomic E-state index is 12.7. The molecule has 0 radical (unpaired) electrons. The molecule has 142 valence electrons. The van der Waals surface area contributed by atoms with Crippen LogP contribution in [-0.4, -0.2) is 36.9 Å². The van der Waals surface area contributed by atoms with Crippen LogP contribution in [0.4, 0.5) is 5.69 Å². The van der Waals surface area contributed by atoms with E-state index in [4.69, 9.17) is 4.74 Å². The SMILES string of the molecule is COc1cccc(C(=O)N2CCC(C(=O)Nc3cc(C)cc(C)c3)CC2)c1. The Morgan fingerprint density at radius 2 is 1.70 bits per heavy atom. The molecule has 1 N–H and O–H groups in total. The first-order valence-electron chi connectivity index (χ1n) is 9.29. The topological polar surface area (TPSA) is 58.6 Å². The van der Waals surface area contributed by atoms with E-state index in [9.17, 15) is 9.59 Å². The smallest absolute Gasteiger partial charge is 0.253 e. The fraction of sp³-hybridized carbons (Fsp3) is 0.364. The van der Waals surface area contributed by atoms with Gasteiger partial charge in [-0.25, -0.2) is 0 Å². The molecule has 0 aliphatic carbocycles. The van der Waals surface area contributed by atoms with E-state index in [1.165, 1.54) is 0 Å². The Morgan fingerprint density at radius 3 is 2.33 bits per heavy atom. The number of benzene rings is 2. The van der Waals surface area contributed by atoms with Crippen LogP contribution >= 0.6 is 0 Å². The van der Waals surface area contributed by atoms with Gasteiger partial charge in [0.2, 0.25) is 5.91 Å². The molecule has 5 heteroatoms. The van der Waals surface area contributed by atoms with Gasteiger partial charge in [0.1, 0.15) is 5.75 Å². The summed E-state index contributed by atoms with van der Waals surface area (Å²) >= 11 is 0. The summed E-state index contributed by atoms with van der Waals surface area (Å²) < 4.78 is 5.19. The number of piperidine rings is 1. The molecule has 0 aromatic heterocycles. The van der Waals surface area contributed by atoms with Gasteiger partial charge in [0.05, 0.1) is 7.11 Å². The van der Waals surface area contributed by atoms with E-state index >= 15 is 0 Å². The van der Waals surface area contributed by atoms with E-state index in [1.807, 2.05) is 43.0 Å². The summed E-state index contributed by atoms with van der Waals surface area (Å²) in [4.78, 5) is 27.1. The minimum atomic E-state index is -0.0693. The van der Waals surface area contributed by atoms with Crippen LogP contribution in [-0.2, 0) is 4.79 Å². The summed E-state index contributed by atoms with van der Waals surface area (Å²) in [6, 6.07) is 13.2. The summed E-state index contributed by atoms with van der Waals surface area (Å²) in [7, 11) is 1.59. The molecule has 5 nitrogen and oxygen atoms in total. The Kier molecular flexibility index (Phi) is 5.79. The van der Waals surface area contributed by atoms with Crippen LogP contribution in [0.5, 0.6) is 5.75 Å². The van der Waals surface area contributed by atoms with Crippen molar-refractivity contribution in [1.82, 2.24) is 4.90 Å². The van der Waals surface area contributed by atoms with Crippen molar-refractivity contribution in [2.24, 2.45) is 5.92 Å². The van der Waals surface area contributed by atoms with Gasteiger partial charge in [-0.2, -0.15) is 0 Å². The van der Waals surface area contributed by atoms with Gasteiger partial charge in [-0.15, -0.1) is 0 Å². The first-order chi connectivity index (χ1) is 13.0. The number of nitrogens with zero attached hydrogens (tertiary/aromatic N) is 1. The lowest BCUT2D eigenvalue weighted by molar-refractivity contribution is -0.121. The van der Waals surface area contributed by atoms with Crippen molar-refractivity contribution in [3.63, 3.8) is 0 Å². The van der Waals surface area contributed by atoms with Crippen LogP contribution in [0.2, 0.25) is 0 Å². The van der Waals surface area contributed by atoms with Crippen molar-refractivity contribution < 1.29 is 14.3 Å². The van der Waals surface area contributed by atoms with Gasteiger partial charge in [0, 0.05) is 30.3 Å². The molecule has 3 rings (SSSR count). The quantitative estimate of drug-likeness (QED) is 0.895. The summed E-state index contributed by atoms with van der Waals surface area (Å²) in [5.41, 5.74) is 3.72. The van der Waals surface area contributed by atoms with Gasteiger partial charge in [0.25, 0.3) is 5.91 Å². The van der Waals surface area contributed by atoms with Crippen molar-refractivity contribution >= 4 is 17.5 Å². The molecular formula is C22H26N2O3. The maximum Gasteiger partial charge on any atom is 0.253 e. The zero-order valence-corrected chi connectivity index (χ0v) is 16.1. The number of carbonyl (C=O) groups is 2. The zero-order chi connectivity index (χ0) is 19.4. The number of hydrogen-bond acceptors (Lipinski definition) is 3. The van der Waals surface area contributed by atoms with E-state index < -0.39 is 0 Å². The molecule has 2 aromatic carbocycles. The number of carbonyl (C=O) groups excluding carboxylic acids is 2. The second-order valence-electron chi connectivity index (χ2n) is 7.16. The minimum Gasteiger partial charge on any atom is -0.497 e. The van der Waals surface area contributed by atoms with Crippen LogP contribution in [0.3, 0.4) is 0 Å². The fourth-order valence-electron chi connectivity index (χ4n) is 3.57. The molecule has 0 atom stereocenters. The molecule has 27 heavy (non-hydrogen) atoms. The summed E-state index contributed by atoms with van der Waals surface area (Å²) in [6.45, 7) is 5.21. The minimum absolute atomic E-state index is 0.0120. The maximum atomic E-state index is 12.7. The van der Waals surface area contributed by atoms with E-state index in [1.54, 1.807) is 19.2 Å². The molecule has 1 aliphatic rings. The number of hydrogen-bond donors (Lipinski definition) is 1. The number of anilines is 1. The monoisotopic (exact) mass is 366 g/mol. The van der Waals surface area contributed by atoms with E-state index in [-0.39, 0.29) is 17.7 Å². The van der Waals surface area contributed by atoms with Crippen LogP contribution in [0, 0.1) is 19.8 Å². The summed E-state index contributed by atoms with van der Waals surface area (Å²) in [5, 5.41) is 3.03. The summed E-state index contributed by atoms with van der Waals surface area (Å²) in [6.07, 6.45) is 1.35. The van der Waals surface area contributed by atoms with E-state index in [0.29, 0.717) is 37.2 Å². The molecule has 0 unspecified atom stereocenters. The second kappa shape index (κ2) is 8.25. The lowest BCUT2D eigenvalue weighted by Gasteiger charge is -2.31. The number of likely N-dealkylation sites (tertiary alicyclic amines) is 1. The molecule has 1 heterocycles. The average Bonchev–Trinajstić information content (AvgIpc) is 2.66.